The summed E-state index contributed by atoms with van der Waals surface area (Å²) in [6.07, 6.45) is 7.94. The molecule has 1 saturated heterocycles. The van der Waals surface area contributed by atoms with Crippen LogP contribution in [0, 0.1) is 17.8 Å². The monoisotopic (exact) mass is 255 g/mol. The number of hydrogen-bond acceptors (Lipinski definition) is 4. The first-order chi connectivity index (χ1) is 8.12. The molecular formula is C13H21NO2S. The third-order valence-electron chi connectivity index (χ3n) is 4.98. The third kappa shape index (κ3) is 1.80. The summed E-state index contributed by atoms with van der Waals surface area (Å²) in [5, 5.41) is -0.252. The van der Waals surface area contributed by atoms with Gasteiger partial charge < -0.3 is 4.74 Å². The number of hydrogen-bond donors (Lipinski definition) is 2. The van der Waals surface area contributed by atoms with Crippen molar-refractivity contribution in [2.45, 2.75) is 55.9 Å². The normalized spacial score (nSPS) is 50.1. The van der Waals surface area contributed by atoms with Gasteiger partial charge in [0.05, 0.1) is 0 Å². The van der Waals surface area contributed by atoms with E-state index < -0.39 is 5.72 Å². The van der Waals surface area contributed by atoms with Gasteiger partial charge in [-0.3, -0.25) is 10.5 Å². The molecule has 5 atom stereocenters. The highest BCUT2D eigenvalue weighted by Gasteiger charge is 2.56. The standard InChI is InChI=1S/C13H21NO2S/c14-13-7-2-1-4-8-5-3-6-9(10(8)13)11(17)12(15)16-13/h8-11,17H,1-7,14H2/t8?,9?,10?,11-,13-/m1/s1. The van der Waals surface area contributed by atoms with E-state index in [2.05, 4.69) is 12.6 Å². The molecule has 3 fully saturated rings. The summed E-state index contributed by atoms with van der Waals surface area (Å²) in [7, 11) is 0. The lowest BCUT2D eigenvalue weighted by molar-refractivity contribution is -0.191. The molecule has 0 aromatic heterocycles. The summed E-state index contributed by atoms with van der Waals surface area (Å²) in [5.74, 6) is 1.13. The van der Waals surface area contributed by atoms with E-state index in [1.807, 2.05) is 0 Å². The van der Waals surface area contributed by atoms with Crippen LogP contribution >= 0.6 is 12.6 Å². The lowest BCUT2D eigenvalue weighted by atomic mass is 9.64. The van der Waals surface area contributed by atoms with Crippen LogP contribution in [0.3, 0.4) is 0 Å². The summed E-state index contributed by atoms with van der Waals surface area (Å²) in [6.45, 7) is 0. The molecular weight excluding hydrogens is 234 g/mol. The predicted molar refractivity (Wildman–Crippen MR) is 68.6 cm³/mol. The summed E-state index contributed by atoms with van der Waals surface area (Å²) in [6, 6.07) is 0. The fraction of sp³-hybridized carbons (Fsp3) is 0.923. The van der Waals surface area contributed by atoms with Gasteiger partial charge in [0, 0.05) is 12.3 Å². The van der Waals surface area contributed by atoms with Gasteiger partial charge in [0.1, 0.15) is 5.25 Å². The van der Waals surface area contributed by atoms with Crippen LogP contribution in [0.15, 0.2) is 0 Å². The number of carbonyl (C=O) groups is 1. The molecule has 2 aliphatic carbocycles. The van der Waals surface area contributed by atoms with Crippen molar-refractivity contribution < 1.29 is 9.53 Å². The molecule has 3 unspecified atom stereocenters. The molecule has 2 N–H and O–H groups in total. The number of carbonyl (C=O) groups excluding carboxylic acids is 1. The fourth-order valence-corrected chi connectivity index (χ4v) is 4.67. The van der Waals surface area contributed by atoms with Gasteiger partial charge in [0.25, 0.3) is 0 Å². The Kier molecular flexibility index (Phi) is 2.90. The first-order valence-corrected chi connectivity index (χ1v) is 7.33. The Bertz CT molecular complexity index is 335. The van der Waals surface area contributed by atoms with Gasteiger partial charge >= 0.3 is 5.97 Å². The van der Waals surface area contributed by atoms with E-state index in [1.165, 1.54) is 25.7 Å². The molecule has 1 heterocycles. The van der Waals surface area contributed by atoms with Gasteiger partial charge in [-0.2, -0.15) is 12.6 Å². The summed E-state index contributed by atoms with van der Waals surface area (Å²) in [5.41, 5.74) is 5.74. The number of rotatable bonds is 0. The van der Waals surface area contributed by atoms with Crippen molar-refractivity contribution in [3.05, 3.63) is 0 Å². The van der Waals surface area contributed by atoms with Crippen molar-refractivity contribution in [3.63, 3.8) is 0 Å². The molecule has 0 aromatic rings. The Hall–Kier alpha value is -0.220. The zero-order valence-corrected chi connectivity index (χ0v) is 11.0. The molecule has 1 aliphatic heterocycles. The highest BCUT2D eigenvalue weighted by Crippen LogP contribution is 2.51. The largest absolute Gasteiger partial charge is 0.443 e. The Morgan fingerprint density at radius 3 is 2.82 bits per heavy atom. The lowest BCUT2D eigenvalue weighted by Gasteiger charge is -2.51. The minimum absolute atomic E-state index is 0.195. The minimum atomic E-state index is -0.692. The Morgan fingerprint density at radius 2 is 2.00 bits per heavy atom. The molecule has 4 heteroatoms. The highest BCUT2D eigenvalue weighted by atomic mass is 32.1. The van der Waals surface area contributed by atoms with Crippen LogP contribution in [0.1, 0.15) is 44.9 Å². The number of nitrogens with two attached hydrogens (primary N) is 1. The second-order valence-corrected chi connectivity index (χ2v) is 6.50. The van der Waals surface area contributed by atoms with Crippen molar-refractivity contribution in [1.29, 1.82) is 0 Å². The van der Waals surface area contributed by atoms with Crippen LogP contribution in [0.4, 0.5) is 0 Å². The maximum absolute atomic E-state index is 11.9. The van der Waals surface area contributed by atoms with E-state index in [0.717, 1.165) is 19.3 Å². The van der Waals surface area contributed by atoms with Crippen LogP contribution < -0.4 is 5.73 Å². The summed E-state index contributed by atoms with van der Waals surface area (Å²) < 4.78 is 5.57. The van der Waals surface area contributed by atoms with Gasteiger partial charge in [-0.15, -0.1) is 0 Å². The van der Waals surface area contributed by atoms with E-state index >= 15 is 0 Å². The molecule has 0 spiro atoms. The Labute approximate surface area is 108 Å². The predicted octanol–water partition coefficient (Wildman–Crippen LogP) is 2.10. The smallest absolute Gasteiger partial charge is 0.320 e. The first kappa shape index (κ1) is 11.8. The molecule has 96 valence electrons. The second kappa shape index (κ2) is 4.16. The molecule has 2 saturated carbocycles. The van der Waals surface area contributed by atoms with E-state index in [4.69, 9.17) is 10.5 Å². The van der Waals surface area contributed by atoms with E-state index in [9.17, 15) is 4.79 Å². The minimum Gasteiger partial charge on any atom is -0.443 e. The van der Waals surface area contributed by atoms with Gasteiger partial charge in [-0.05, 0) is 37.5 Å². The zero-order chi connectivity index (χ0) is 12.0. The second-order valence-electron chi connectivity index (χ2n) is 5.95. The Morgan fingerprint density at radius 1 is 1.24 bits per heavy atom. The lowest BCUT2D eigenvalue weighted by Crippen LogP contribution is -2.63. The first-order valence-electron chi connectivity index (χ1n) is 6.81. The molecule has 0 bridgehead atoms. The van der Waals surface area contributed by atoms with Crippen LogP contribution in [-0.2, 0) is 9.53 Å². The van der Waals surface area contributed by atoms with Gasteiger partial charge in [-0.25, -0.2) is 0 Å². The van der Waals surface area contributed by atoms with Gasteiger partial charge in [-0.1, -0.05) is 12.8 Å². The quantitative estimate of drug-likeness (QED) is 0.515. The zero-order valence-electron chi connectivity index (χ0n) is 10.1. The van der Waals surface area contributed by atoms with Crippen molar-refractivity contribution in [2.24, 2.45) is 23.5 Å². The number of esters is 1. The topological polar surface area (TPSA) is 52.3 Å². The van der Waals surface area contributed by atoms with Crippen LogP contribution in [0.2, 0.25) is 0 Å². The van der Waals surface area contributed by atoms with Crippen molar-refractivity contribution in [2.75, 3.05) is 0 Å². The molecule has 0 radical (unpaired) electrons. The summed E-state index contributed by atoms with van der Waals surface area (Å²) >= 11 is 4.46. The van der Waals surface area contributed by atoms with Crippen molar-refractivity contribution in [1.82, 2.24) is 0 Å². The maximum atomic E-state index is 11.9. The average Bonchev–Trinajstić information content (AvgIpc) is 2.47. The number of ether oxygens (including phenoxy) is 1. The molecule has 3 aliphatic rings. The van der Waals surface area contributed by atoms with Crippen molar-refractivity contribution in [3.8, 4) is 0 Å². The average molecular weight is 255 g/mol. The highest BCUT2D eigenvalue weighted by molar-refractivity contribution is 7.81. The van der Waals surface area contributed by atoms with Crippen LogP contribution in [-0.4, -0.2) is 16.9 Å². The SMILES string of the molecule is N[C@@]12CCCCC3CCCC(C31)[C@@H](S)C(=O)O2. The van der Waals surface area contributed by atoms with Gasteiger partial charge in [0.2, 0.25) is 0 Å². The molecule has 3 nitrogen and oxygen atoms in total. The maximum Gasteiger partial charge on any atom is 0.320 e. The number of thiol groups is 1. The Balaban J connectivity index is 1.98. The van der Waals surface area contributed by atoms with Crippen LogP contribution in [0.5, 0.6) is 0 Å². The molecule has 0 amide bonds. The molecule has 0 aromatic carbocycles. The molecule has 3 rings (SSSR count). The summed E-state index contributed by atoms with van der Waals surface area (Å²) in [4.78, 5) is 11.9. The molecule has 17 heavy (non-hydrogen) atoms. The van der Waals surface area contributed by atoms with Crippen molar-refractivity contribution >= 4 is 18.6 Å². The van der Waals surface area contributed by atoms with Crippen LogP contribution in [0.25, 0.3) is 0 Å². The van der Waals surface area contributed by atoms with E-state index in [-0.39, 0.29) is 11.2 Å². The fourth-order valence-electron chi connectivity index (χ4n) is 4.28. The third-order valence-corrected chi connectivity index (χ3v) is 5.57. The van der Waals surface area contributed by atoms with Gasteiger partial charge in [0.15, 0.2) is 5.72 Å². The van der Waals surface area contributed by atoms with E-state index in [1.54, 1.807) is 0 Å². The van der Waals surface area contributed by atoms with E-state index in [0.29, 0.717) is 17.8 Å².